The molecule has 0 unspecified atom stereocenters. The monoisotopic (exact) mass is 488 g/mol. The van der Waals surface area contributed by atoms with E-state index >= 15 is 0 Å². The Labute approximate surface area is 204 Å². The Morgan fingerprint density at radius 3 is 2.34 bits per heavy atom. The predicted octanol–water partition coefficient (Wildman–Crippen LogP) is 1.30. The van der Waals surface area contributed by atoms with E-state index in [9.17, 15) is 19.2 Å². The van der Waals surface area contributed by atoms with Gasteiger partial charge < -0.3 is 26.0 Å². The van der Waals surface area contributed by atoms with Crippen LogP contribution >= 0.6 is 0 Å². The van der Waals surface area contributed by atoms with Gasteiger partial charge in [0, 0.05) is 31.7 Å². The summed E-state index contributed by atoms with van der Waals surface area (Å²) in [7, 11) is 1.55. The Balaban J connectivity index is 2.48. The average Bonchev–Trinajstić information content (AvgIpc) is 2.81. The van der Waals surface area contributed by atoms with Crippen LogP contribution in [-0.4, -0.2) is 48.1 Å². The van der Waals surface area contributed by atoms with Gasteiger partial charge in [0.25, 0.3) is 5.56 Å². The maximum Gasteiger partial charge on any atom is 0.330 e. The number of carbonyl (C=O) groups is 2. The van der Waals surface area contributed by atoms with Crippen LogP contribution in [0.2, 0.25) is 0 Å². The lowest BCUT2D eigenvalue weighted by Crippen LogP contribution is -2.46. The normalized spacial score (nSPS) is 10.9. The molecule has 0 aliphatic rings. The first-order valence-electron chi connectivity index (χ1n) is 11.7. The number of aromatic amines is 1. The molecule has 192 valence electrons. The van der Waals surface area contributed by atoms with Gasteiger partial charge in [-0.25, -0.2) is 4.79 Å². The molecule has 0 spiro atoms. The van der Waals surface area contributed by atoms with Crippen LogP contribution in [0.15, 0.2) is 33.9 Å². The zero-order chi connectivity index (χ0) is 26.1. The van der Waals surface area contributed by atoms with E-state index in [1.807, 2.05) is 20.8 Å². The number of H-pyrrole nitrogens is 1. The molecular formula is C24H36N6O5. The number of rotatable bonds is 13. The highest BCUT2D eigenvalue weighted by Gasteiger charge is 2.26. The van der Waals surface area contributed by atoms with Gasteiger partial charge in [-0.3, -0.25) is 23.9 Å². The van der Waals surface area contributed by atoms with E-state index < -0.39 is 23.1 Å². The van der Waals surface area contributed by atoms with E-state index in [-0.39, 0.29) is 43.5 Å². The molecule has 0 bridgehead atoms. The summed E-state index contributed by atoms with van der Waals surface area (Å²) in [5, 5.41) is 0. The number of ether oxygens (including phenoxy) is 1. The zero-order valence-electron chi connectivity index (χ0n) is 20.9. The molecule has 1 aromatic heterocycles. The molecule has 0 saturated carbocycles. The van der Waals surface area contributed by atoms with Crippen LogP contribution in [0.4, 0.5) is 17.2 Å². The number of nitrogens with one attached hydrogen (secondary N) is 1. The zero-order valence-corrected chi connectivity index (χ0v) is 20.9. The maximum atomic E-state index is 13.6. The van der Waals surface area contributed by atoms with E-state index in [2.05, 4.69) is 4.98 Å². The van der Waals surface area contributed by atoms with E-state index in [0.717, 1.165) is 6.42 Å². The highest BCUT2D eigenvalue weighted by atomic mass is 16.5. The quantitative estimate of drug-likeness (QED) is 0.383. The second-order valence-corrected chi connectivity index (χ2v) is 8.73. The Hall–Kier alpha value is -3.76. The first-order chi connectivity index (χ1) is 16.6. The van der Waals surface area contributed by atoms with E-state index in [0.29, 0.717) is 24.4 Å². The molecule has 2 aromatic rings. The Kier molecular flexibility index (Phi) is 9.92. The molecule has 0 aliphatic heterocycles. The SMILES string of the molecule is CCCCN(C(=O)CN(CCC(N)=O)c1ccc(OC)cc1)c1c(N)n(CC(C)C)c(=O)[nH]c1=O. The van der Waals surface area contributed by atoms with Crippen molar-refractivity contribution in [2.45, 2.75) is 46.6 Å². The van der Waals surface area contributed by atoms with Gasteiger partial charge in [0.15, 0.2) is 5.69 Å². The number of anilines is 3. The topological polar surface area (TPSA) is 157 Å². The van der Waals surface area contributed by atoms with E-state index in [1.54, 1.807) is 36.3 Å². The van der Waals surface area contributed by atoms with Crippen molar-refractivity contribution in [1.82, 2.24) is 9.55 Å². The number of nitrogens with zero attached hydrogens (tertiary/aromatic N) is 3. The van der Waals surface area contributed by atoms with Crippen molar-refractivity contribution < 1.29 is 14.3 Å². The number of methoxy groups -OCH3 is 1. The smallest absolute Gasteiger partial charge is 0.330 e. The summed E-state index contributed by atoms with van der Waals surface area (Å²) in [6, 6.07) is 7.04. The molecule has 2 rings (SSSR count). The Morgan fingerprint density at radius 1 is 1.14 bits per heavy atom. The number of primary amides is 1. The molecule has 11 heteroatoms. The summed E-state index contributed by atoms with van der Waals surface area (Å²) in [6.07, 6.45) is 1.44. The molecule has 5 N–H and O–H groups in total. The van der Waals surface area contributed by atoms with Gasteiger partial charge in [0.05, 0.1) is 13.7 Å². The summed E-state index contributed by atoms with van der Waals surface area (Å²) >= 11 is 0. The van der Waals surface area contributed by atoms with Crippen molar-refractivity contribution in [2.24, 2.45) is 11.7 Å². The third kappa shape index (κ3) is 7.36. The molecule has 0 atom stereocenters. The minimum Gasteiger partial charge on any atom is -0.497 e. The number of nitrogen functional groups attached to an aromatic ring is 1. The van der Waals surface area contributed by atoms with Crippen LogP contribution in [0.25, 0.3) is 0 Å². The van der Waals surface area contributed by atoms with Crippen LogP contribution in [0.1, 0.15) is 40.0 Å². The maximum absolute atomic E-state index is 13.6. The third-order valence-electron chi connectivity index (χ3n) is 5.46. The summed E-state index contributed by atoms with van der Waals surface area (Å²) in [5.41, 5.74) is 10.9. The minimum absolute atomic E-state index is 0.0380. The molecule has 0 aliphatic carbocycles. The number of hydrogen-bond donors (Lipinski definition) is 3. The fourth-order valence-electron chi connectivity index (χ4n) is 3.65. The molecule has 35 heavy (non-hydrogen) atoms. The minimum atomic E-state index is -0.718. The lowest BCUT2D eigenvalue weighted by Gasteiger charge is -2.29. The number of carbonyl (C=O) groups excluding carboxylic acids is 2. The van der Waals surface area contributed by atoms with Gasteiger partial charge in [-0.05, 0) is 36.6 Å². The summed E-state index contributed by atoms with van der Waals surface area (Å²) in [4.78, 5) is 55.5. The first kappa shape index (κ1) is 27.5. The number of amides is 2. The Morgan fingerprint density at radius 2 is 1.80 bits per heavy atom. The lowest BCUT2D eigenvalue weighted by molar-refractivity contribution is -0.119. The molecule has 0 fully saturated rings. The number of benzene rings is 1. The predicted molar refractivity (Wildman–Crippen MR) is 137 cm³/mol. The number of hydrogen-bond acceptors (Lipinski definition) is 7. The molecular weight excluding hydrogens is 452 g/mol. The van der Waals surface area contributed by atoms with Gasteiger partial charge in [-0.1, -0.05) is 27.2 Å². The second-order valence-electron chi connectivity index (χ2n) is 8.73. The largest absolute Gasteiger partial charge is 0.497 e. The highest BCUT2D eigenvalue weighted by molar-refractivity contribution is 5.98. The van der Waals surface area contributed by atoms with Gasteiger partial charge in [0.2, 0.25) is 11.8 Å². The first-order valence-corrected chi connectivity index (χ1v) is 11.7. The van der Waals surface area contributed by atoms with Crippen LogP contribution in [0, 0.1) is 5.92 Å². The van der Waals surface area contributed by atoms with Gasteiger partial charge in [0.1, 0.15) is 11.6 Å². The number of nitrogens with two attached hydrogens (primary N) is 2. The molecule has 0 radical (unpaired) electrons. The van der Waals surface area contributed by atoms with Crippen molar-refractivity contribution in [3.63, 3.8) is 0 Å². The van der Waals surface area contributed by atoms with Crippen LogP contribution < -0.4 is 37.3 Å². The van der Waals surface area contributed by atoms with Gasteiger partial charge in [-0.15, -0.1) is 0 Å². The summed E-state index contributed by atoms with van der Waals surface area (Å²) in [5.74, 6) is -0.213. The van der Waals surface area contributed by atoms with Crippen molar-refractivity contribution in [2.75, 3.05) is 42.3 Å². The molecule has 1 heterocycles. The van der Waals surface area contributed by atoms with Crippen molar-refractivity contribution in [3.8, 4) is 5.75 Å². The molecule has 2 amide bonds. The third-order valence-corrected chi connectivity index (χ3v) is 5.46. The number of aromatic nitrogens is 2. The fourth-order valence-corrected chi connectivity index (χ4v) is 3.65. The summed E-state index contributed by atoms with van der Waals surface area (Å²) in [6.45, 7) is 6.41. The van der Waals surface area contributed by atoms with Crippen molar-refractivity contribution in [3.05, 3.63) is 45.1 Å². The lowest BCUT2D eigenvalue weighted by atomic mass is 10.2. The van der Waals surface area contributed by atoms with Crippen molar-refractivity contribution in [1.29, 1.82) is 0 Å². The van der Waals surface area contributed by atoms with E-state index in [4.69, 9.17) is 16.2 Å². The van der Waals surface area contributed by atoms with E-state index in [1.165, 1.54) is 9.47 Å². The van der Waals surface area contributed by atoms with Crippen LogP contribution in [0.5, 0.6) is 5.75 Å². The standard InChI is InChI=1S/C24H36N6O5/c1-5-6-12-29(21-22(26)30(14-16(2)3)24(34)27-23(21)33)20(32)15-28(13-11-19(25)31)17-7-9-18(35-4)10-8-17/h7-10,16H,5-6,11-15,26H2,1-4H3,(H2,25,31)(H,27,33,34). The molecule has 0 saturated heterocycles. The van der Waals surface area contributed by atoms with Gasteiger partial charge in [-0.2, -0.15) is 0 Å². The number of unbranched alkanes of at least 4 members (excludes halogenated alkanes) is 1. The molecule has 1 aromatic carbocycles. The van der Waals surface area contributed by atoms with Crippen molar-refractivity contribution >= 4 is 29.0 Å². The Bertz CT molecular complexity index is 1120. The fraction of sp³-hybridized carbons (Fsp3) is 0.500. The average molecular weight is 489 g/mol. The summed E-state index contributed by atoms with van der Waals surface area (Å²) < 4.78 is 6.48. The van der Waals surface area contributed by atoms with Crippen LogP contribution in [-0.2, 0) is 16.1 Å². The molecule has 11 nitrogen and oxygen atoms in total. The van der Waals surface area contributed by atoms with Gasteiger partial charge >= 0.3 is 5.69 Å². The second kappa shape index (κ2) is 12.6. The van der Waals surface area contributed by atoms with Crippen LogP contribution in [0.3, 0.4) is 0 Å². The highest BCUT2D eigenvalue weighted by Crippen LogP contribution is 2.22.